The lowest BCUT2D eigenvalue weighted by atomic mass is 10.1. The lowest BCUT2D eigenvalue weighted by Crippen LogP contribution is -2.34. The third-order valence-corrected chi connectivity index (χ3v) is 4.09. The van der Waals surface area contributed by atoms with Gasteiger partial charge in [0.1, 0.15) is 18.5 Å². The number of benzene rings is 1. The first-order valence-corrected chi connectivity index (χ1v) is 7.81. The normalized spacial score (nSPS) is 23.2. The van der Waals surface area contributed by atoms with Crippen LogP contribution in [0, 0.1) is 19.8 Å². The molecule has 0 bridgehead atoms. The van der Waals surface area contributed by atoms with Crippen molar-refractivity contribution >= 4 is 0 Å². The van der Waals surface area contributed by atoms with E-state index >= 15 is 0 Å². The molecule has 0 spiro atoms. The van der Waals surface area contributed by atoms with Crippen LogP contribution < -0.4 is 10.1 Å². The molecule has 1 aliphatic carbocycles. The van der Waals surface area contributed by atoms with E-state index in [0.29, 0.717) is 19.1 Å². The van der Waals surface area contributed by atoms with E-state index in [2.05, 4.69) is 18.3 Å². The van der Waals surface area contributed by atoms with Crippen LogP contribution in [0.1, 0.15) is 30.4 Å². The number of rotatable bonds is 7. The molecule has 0 saturated heterocycles. The van der Waals surface area contributed by atoms with Gasteiger partial charge in [0.15, 0.2) is 0 Å². The van der Waals surface area contributed by atoms with Gasteiger partial charge in [0.25, 0.3) is 0 Å². The number of aryl methyl sites for hydroxylation is 2. The first kappa shape index (κ1) is 16.3. The Bertz CT molecular complexity index is 450. The molecule has 4 heteroatoms. The predicted molar refractivity (Wildman–Crippen MR) is 83.6 cm³/mol. The Morgan fingerprint density at radius 1 is 1.33 bits per heavy atom. The van der Waals surface area contributed by atoms with Gasteiger partial charge in [-0.2, -0.15) is 0 Å². The van der Waals surface area contributed by atoms with Gasteiger partial charge in [-0.05, 0) is 57.2 Å². The number of aliphatic hydroxyl groups is 2. The Balaban J connectivity index is 1.64. The van der Waals surface area contributed by atoms with Gasteiger partial charge < -0.3 is 20.3 Å². The first-order chi connectivity index (χ1) is 10.0. The zero-order valence-corrected chi connectivity index (χ0v) is 13.0. The second-order valence-corrected chi connectivity index (χ2v) is 6.22. The Hall–Kier alpha value is -1.10. The predicted octanol–water partition coefficient (Wildman–Crippen LogP) is 1.79. The highest BCUT2D eigenvalue weighted by Crippen LogP contribution is 2.24. The third-order valence-electron chi connectivity index (χ3n) is 4.09. The Morgan fingerprint density at radius 3 is 2.81 bits per heavy atom. The molecule has 4 nitrogen and oxygen atoms in total. The van der Waals surface area contributed by atoms with E-state index in [4.69, 9.17) is 4.74 Å². The molecule has 3 N–H and O–H groups in total. The van der Waals surface area contributed by atoms with E-state index in [0.717, 1.165) is 37.1 Å². The molecule has 0 amide bonds. The van der Waals surface area contributed by atoms with Crippen LogP contribution in [0.15, 0.2) is 18.2 Å². The summed E-state index contributed by atoms with van der Waals surface area (Å²) in [6.45, 7) is 5.74. The molecule has 1 aliphatic rings. The fourth-order valence-electron chi connectivity index (χ4n) is 2.89. The van der Waals surface area contributed by atoms with E-state index in [9.17, 15) is 10.2 Å². The Kier molecular flexibility index (Phi) is 6.03. The lowest BCUT2D eigenvalue weighted by Gasteiger charge is -2.16. The minimum Gasteiger partial charge on any atom is -0.491 e. The van der Waals surface area contributed by atoms with Crippen LogP contribution in [0.2, 0.25) is 0 Å². The molecule has 0 heterocycles. The summed E-state index contributed by atoms with van der Waals surface area (Å²) in [5.41, 5.74) is 2.30. The van der Waals surface area contributed by atoms with Crippen molar-refractivity contribution in [3.05, 3.63) is 29.3 Å². The molecule has 2 rings (SSSR count). The summed E-state index contributed by atoms with van der Waals surface area (Å²) in [4.78, 5) is 0. The summed E-state index contributed by atoms with van der Waals surface area (Å²) >= 11 is 0. The minimum atomic E-state index is -0.517. The zero-order chi connectivity index (χ0) is 15.2. The van der Waals surface area contributed by atoms with Crippen molar-refractivity contribution in [1.29, 1.82) is 0 Å². The van der Waals surface area contributed by atoms with Gasteiger partial charge in [0.2, 0.25) is 0 Å². The van der Waals surface area contributed by atoms with Crippen LogP contribution in [0.3, 0.4) is 0 Å². The van der Waals surface area contributed by atoms with Gasteiger partial charge in [-0.1, -0.05) is 17.7 Å². The van der Waals surface area contributed by atoms with Crippen molar-refractivity contribution in [3.63, 3.8) is 0 Å². The van der Waals surface area contributed by atoms with Gasteiger partial charge in [-0.15, -0.1) is 0 Å². The maximum absolute atomic E-state index is 9.95. The first-order valence-electron chi connectivity index (χ1n) is 7.81. The molecule has 1 saturated carbocycles. The van der Waals surface area contributed by atoms with Gasteiger partial charge in [0, 0.05) is 6.54 Å². The second kappa shape index (κ2) is 7.78. The summed E-state index contributed by atoms with van der Waals surface area (Å²) in [6, 6.07) is 6.04. The van der Waals surface area contributed by atoms with E-state index in [1.54, 1.807) is 0 Å². The topological polar surface area (TPSA) is 61.7 Å². The standard InChI is InChI=1S/C17H27NO3/c1-12-3-6-17(13(2)7-12)21-11-16(20)10-18-9-14-4-5-15(19)8-14/h3,6-7,14-16,18-20H,4-5,8-11H2,1-2H3. The van der Waals surface area contributed by atoms with E-state index in [1.807, 2.05) is 19.1 Å². The smallest absolute Gasteiger partial charge is 0.122 e. The largest absolute Gasteiger partial charge is 0.491 e. The van der Waals surface area contributed by atoms with Crippen molar-refractivity contribution < 1.29 is 14.9 Å². The van der Waals surface area contributed by atoms with E-state index < -0.39 is 6.10 Å². The van der Waals surface area contributed by atoms with Crippen LogP contribution in [0.4, 0.5) is 0 Å². The van der Waals surface area contributed by atoms with Crippen LogP contribution in [-0.4, -0.2) is 42.1 Å². The molecule has 3 atom stereocenters. The second-order valence-electron chi connectivity index (χ2n) is 6.22. The summed E-state index contributed by atoms with van der Waals surface area (Å²) < 4.78 is 5.66. The van der Waals surface area contributed by atoms with Crippen molar-refractivity contribution in [2.75, 3.05) is 19.7 Å². The number of aliphatic hydroxyl groups excluding tert-OH is 2. The number of ether oxygens (including phenoxy) is 1. The van der Waals surface area contributed by atoms with Crippen LogP contribution in [-0.2, 0) is 0 Å². The minimum absolute atomic E-state index is 0.130. The van der Waals surface area contributed by atoms with Gasteiger partial charge in [0.05, 0.1) is 6.10 Å². The molecular formula is C17H27NO3. The molecule has 0 radical (unpaired) electrons. The van der Waals surface area contributed by atoms with Crippen LogP contribution in [0.5, 0.6) is 5.75 Å². The SMILES string of the molecule is Cc1ccc(OCC(O)CNCC2CCC(O)C2)c(C)c1. The number of hydrogen-bond donors (Lipinski definition) is 3. The molecule has 1 aromatic carbocycles. The van der Waals surface area contributed by atoms with Gasteiger partial charge in [-0.3, -0.25) is 0 Å². The molecule has 3 unspecified atom stereocenters. The number of nitrogens with one attached hydrogen (secondary N) is 1. The summed E-state index contributed by atoms with van der Waals surface area (Å²) in [6.07, 6.45) is 2.21. The Morgan fingerprint density at radius 2 is 2.14 bits per heavy atom. The average Bonchev–Trinajstić information content (AvgIpc) is 2.83. The number of hydrogen-bond acceptors (Lipinski definition) is 4. The molecule has 0 aliphatic heterocycles. The van der Waals surface area contributed by atoms with Crippen LogP contribution in [0.25, 0.3) is 0 Å². The van der Waals surface area contributed by atoms with Gasteiger partial charge in [-0.25, -0.2) is 0 Å². The average molecular weight is 293 g/mol. The summed E-state index contributed by atoms with van der Waals surface area (Å²) in [5, 5.41) is 22.7. The monoisotopic (exact) mass is 293 g/mol. The van der Waals surface area contributed by atoms with Gasteiger partial charge >= 0.3 is 0 Å². The quantitative estimate of drug-likeness (QED) is 0.717. The molecule has 0 aromatic heterocycles. The van der Waals surface area contributed by atoms with Crippen molar-refractivity contribution in [1.82, 2.24) is 5.32 Å². The highest BCUT2D eigenvalue weighted by molar-refractivity contribution is 5.35. The maximum atomic E-state index is 9.95. The summed E-state index contributed by atoms with van der Waals surface area (Å²) in [7, 11) is 0. The third kappa shape index (κ3) is 5.30. The fourth-order valence-corrected chi connectivity index (χ4v) is 2.89. The van der Waals surface area contributed by atoms with E-state index in [-0.39, 0.29) is 6.10 Å². The zero-order valence-electron chi connectivity index (χ0n) is 13.0. The highest BCUT2D eigenvalue weighted by atomic mass is 16.5. The molecule has 118 valence electrons. The molecule has 1 aromatic rings. The highest BCUT2D eigenvalue weighted by Gasteiger charge is 2.22. The Labute approximate surface area is 127 Å². The lowest BCUT2D eigenvalue weighted by molar-refractivity contribution is 0.105. The molecule has 21 heavy (non-hydrogen) atoms. The van der Waals surface area contributed by atoms with Crippen LogP contribution >= 0.6 is 0 Å². The van der Waals surface area contributed by atoms with Crippen molar-refractivity contribution in [2.45, 2.75) is 45.3 Å². The van der Waals surface area contributed by atoms with E-state index in [1.165, 1.54) is 5.56 Å². The molecule has 1 fully saturated rings. The van der Waals surface area contributed by atoms with Crippen molar-refractivity contribution in [2.24, 2.45) is 5.92 Å². The summed E-state index contributed by atoms with van der Waals surface area (Å²) in [5.74, 6) is 1.37. The molecular weight excluding hydrogens is 266 g/mol. The van der Waals surface area contributed by atoms with Crippen molar-refractivity contribution in [3.8, 4) is 5.75 Å². The fraction of sp³-hybridized carbons (Fsp3) is 0.647. The maximum Gasteiger partial charge on any atom is 0.122 e.